The zero-order valence-corrected chi connectivity index (χ0v) is 15.7. The van der Waals surface area contributed by atoms with E-state index in [1.165, 1.54) is 0 Å². The molecule has 2 fully saturated rings. The first kappa shape index (κ1) is 18.6. The molecular formula is C17H23ClN6O2. The Kier molecular flexibility index (Phi) is 5.45. The number of piperazine rings is 1. The van der Waals surface area contributed by atoms with Crippen LogP contribution < -0.4 is 15.5 Å². The van der Waals surface area contributed by atoms with Gasteiger partial charge in [0.2, 0.25) is 0 Å². The van der Waals surface area contributed by atoms with Gasteiger partial charge in [0.25, 0.3) is 5.89 Å². The molecule has 1 atom stereocenters. The van der Waals surface area contributed by atoms with E-state index in [1.54, 1.807) is 4.90 Å². The lowest BCUT2D eigenvalue weighted by atomic mass is 10.1. The first-order valence-corrected chi connectivity index (χ1v) is 8.55. The molecule has 2 aromatic rings. The largest absolute Gasteiger partial charge is 0.336 e. The summed E-state index contributed by atoms with van der Waals surface area (Å²) in [4.78, 5) is 20.6. The van der Waals surface area contributed by atoms with Crippen molar-refractivity contribution in [3.8, 4) is 11.5 Å². The van der Waals surface area contributed by atoms with Gasteiger partial charge in [-0.25, -0.2) is 4.79 Å². The summed E-state index contributed by atoms with van der Waals surface area (Å²) in [5.41, 5.74) is 2.70. The van der Waals surface area contributed by atoms with Gasteiger partial charge in [-0.3, -0.25) is 9.80 Å². The van der Waals surface area contributed by atoms with Gasteiger partial charge in [-0.15, -0.1) is 12.4 Å². The maximum atomic E-state index is 12.0. The number of hydrogen-bond donors (Lipinski definition) is 2. The molecule has 0 aliphatic carbocycles. The van der Waals surface area contributed by atoms with E-state index in [-0.39, 0.29) is 24.5 Å². The van der Waals surface area contributed by atoms with Crippen LogP contribution in [0.3, 0.4) is 0 Å². The summed E-state index contributed by atoms with van der Waals surface area (Å²) in [7, 11) is 2.07. The summed E-state index contributed by atoms with van der Waals surface area (Å²) < 4.78 is 5.54. The molecule has 3 heterocycles. The summed E-state index contributed by atoms with van der Waals surface area (Å²) in [6, 6.07) is 5.86. The third-order valence-corrected chi connectivity index (χ3v) is 4.93. The molecule has 2 aliphatic heterocycles. The van der Waals surface area contributed by atoms with E-state index >= 15 is 0 Å². The van der Waals surface area contributed by atoms with Crippen LogP contribution in [0.2, 0.25) is 0 Å². The number of carbonyl (C=O) groups excluding carboxylic acids is 1. The molecule has 2 N–H and O–H groups in total. The van der Waals surface area contributed by atoms with Crippen molar-refractivity contribution in [2.24, 2.45) is 0 Å². The molecule has 1 unspecified atom stereocenters. The number of nitrogens with one attached hydrogen (secondary N) is 2. The molecule has 0 saturated carbocycles. The Labute approximate surface area is 158 Å². The minimum Gasteiger partial charge on any atom is -0.336 e. The summed E-state index contributed by atoms with van der Waals surface area (Å²) in [5, 5.41) is 10.4. The molecule has 0 spiro atoms. The minimum atomic E-state index is -0.0682. The topological polar surface area (TPSA) is 86.5 Å². The van der Waals surface area contributed by atoms with E-state index in [2.05, 4.69) is 32.7 Å². The van der Waals surface area contributed by atoms with E-state index in [0.717, 1.165) is 36.4 Å². The highest BCUT2D eigenvalue weighted by atomic mass is 35.5. The second-order valence-corrected chi connectivity index (χ2v) is 6.49. The van der Waals surface area contributed by atoms with Crippen molar-refractivity contribution >= 4 is 24.1 Å². The molecule has 26 heavy (non-hydrogen) atoms. The van der Waals surface area contributed by atoms with Crippen molar-refractivity contribution in [2.45, 2.75) is 13.0 Å². The molecule has 0 radical (unpaired) electrons. The highest BCUT2D eigenvalue weighted by molar-refractivity contribution is 5.95. The van der Waals surface area contributed by atoms with Crippen LogP contribution in [-0.4, -0.2) is 60.8 Å². The molecule has 140 valence electrons. The molecule has 8 nitrogen and oxygen atoms in total. The Balaban J connectivity index is 0.00000196. The number of aromatic nitrogens is 2. The van der Waals surface area contributed by atoms with Crippen molar-refractivity contribution in [3.05, 3.63) is 29.6 Å². The summed E-state index contributed by atoms with van der Waals surface area (Å²) >= 11 is 0. The van der Waals surface area contributed by atoms with Gasteiger partial charge >= 0.3 is 6.03 Å². The van der Waals surface area contributed by atoms with Crippen molar-refractivity contribution in [1.29, 1.82) is 0 Å². The van der Waals surface area contributed by atoms with Crippen molar-refractivity contribution in [3.63, 3.8) is 0 Å². The SMILES string of the molecule is Cc1c(-c2nc(C3CNCCN3C)no2)cccc1N1CCNC1=O.Cl. The van der Waals surface area contributed by atoms with Gasteiger partial charge in [0.1, 0.15) is 0 Å². The summed E-state index contributed by atoms with van der Waals surface area (Å²) in [6.07, 6.45) is 0. The summed E-state index contributed by atoms with van der Waals surface area (Å²) in [5.74, 6) is 1.18. The lowest BCUT2D eigenvalue weighted by Gasteiger charge is -2.30. The second-order valence-electron chi connectivity index (χ2n) is 6.49. The van der Waals surface area contributed by atoms with Crippen LogP contribution >= 0.6 is 12.4 Å². The van der Waals surface area contributed by atoms with Crippen molar-refractivity contribution in [1.82, 2.24) is 25.7 Å². The molecule has 2 aliphatic rings. The zero-order valence-electron chi connectivity index (χ0n) is 14.9. The van der Waals surface area contributed by atoms with Gasteiger partial charge in [0, 0.05) is 44.0 Å². The van der Waals surface area contributed by atoms with Gasteiger partial charge in [-0.2, -0.15) is 4.98 Å². The highest BCUT2D eigenvalue weighted by Crippen LogP contribution is 2.31. The van der Waals surface area contributed by atoms with Gasteiger partial charge in [0.15, 0.2) is 5.82 Å². The van der Waals surface area contributed by atoms with E-state index < -0.39 is 0 Å². The summed E-state index contributed by atoms with van der Waals surface area (Å²) in [6.45, 7) is 6.03. The number of rotatable bonds is 3. The molecule has 4 rings (SSSR count). The first-order valence-electron chi connectivity index (χ1n) is 8.55. The number of likely N-dealkylation sites (N-methyl/N-ethyl adjacent to an activating group) is 1. The van der Waals surface area contributed by atoms with Gasteiger partial charge in [-0.05, 0) is 31.7 Å². The van der Waals surface area contributed by atoms with Crippen LogP contribution in [0.5, 0.6) is 0 Å². The number of amides is 2. The normalized spacial score (nSPS) is 20.8. The van der Waals surface area contributed by atoms with Crippen LogP contribution in [0.1, 0.15) is 17.4 Å². The standard InChI is InChI=1S/C17H22N6O2.ClH/c1-11-12(4-3-5-13(11)23-9-7-19-17(23)24)16-20-15(21-25-16)14-10-18-6-8-22(14)2;/h3-5,14,18H,6-10H2,1-2H3,(H,19,24);1H. The van der Waals surface area contributed by atoms with E-state index in [1.807, 2.05) is 25.1 Å². The third kappa shape index (κ3) is 3.27. The number of anilines is 1. The van der Waals surface area contributed by atoms with E-state index in [9.17, 15) is 4.79 Å². The van der Waals surface area contributed by atoms with Crippen LogP contribution in [-0.2, 0) is 0 Å². The Morgan fingerprint density at radius 1 is 1.27 bits per heavy atom. The lowest BCUT2D eigenvalue weighted by molar-refractivity contribution is 0.190. The quantitative estimate of drug-likeness (QED) is 0.843. The Morgan fingerprint density at radius 3 is 2.85 bits per heavy atom. The fourth-order valence-electron chi connectivity index (χ4n) is 3.42. The zero-order chi connectivity index (χ0) is 17.4. The van der Waals surface area contributed by atoms with E-state index in [4.69, 9.17) is 4.52 Å². The molecule has 2 amide bonds. The molecule has 9 heteroatoms. The number of benzene rings is 1. The predicted octanol–water partition coefficient (Wildman–Crippen LogP) is 1.57. The fraction of sp³-hybridized carbons (Fsp3) is 0.471. The number of halogens is 1. The molecule has 0 bridgehead atoms. The van der Waals surface area contributed by atoms with Crippen LogP contribution in [0.4, 0.5) is 10.5 Å². The Hall–Kier alpha value is -2.16. The highest BCUT2D eigenvalue weighted by Gasteiger charge is 2.27. The number of urea groups is 1. The first-order chi connectivity index (χ1) is 12.1. The minimum absolute atomic E-state index is 0. The van der Waals surface area contributed by atoms with Gasteiger partial charge in [-0.1, -0.05) is 11.2 Å². The number of carbonyl (C=O) groups is 1. The molecule has 1 aromatic carbocycles. The molecular weight excluding hydrogens is 356 g/mol. The van der Waals surface area contributed by atoms with Crippen LogP contribution in [0.15, 0.2) is 22.7 Å². The maximum absolute atomic E-state index is 12.0. The smallest absolute Gasteiger partial charge is 0.322 e. The predicted molar refractivity (Wildman–Crippen MR) is 101 cm³/mol. The second kappa shape index (κ2) is 7.61. The Morgan fingerprint density at radius 2 is 2.12 bits per heavy atom. The monoisotopic (exact) mass is 378 g/mol. The average Bonchev–Trinajstić information content (AvgIpc) is 3.25. The molecule has 2 saturated heterocycles. The average molecular weight is 379 g/mol. The van der Waals surface area contributed by atoms with Gasteiger partial charge < -0.3 is 15.2 Å². The van der Waals surface area contributed by atoms with Crippen LogP contribution in [0.25, 0.3) is 11.5 Å². The van der Waals surface area contributed by atoms with Gasteiger partial charge in [0.05, 0.1) is 6.04 Å². The van der Waals surface area contributed by atoms with Crippen molar-refractivity contribution in [2.75, 3.05) is 44.7 Å². The number of nitrogens with zero attached hydrogens (tertiary/aromatic N) is 4. The third-order valence-electron chi connectivity index (χ3n) is 4.93. The maximum Gasteiger partial charge on any atom is 0.322 e. The Bertz CT molecular complexity index is 795. The van der Waals surface area contributed by atoms with Crippen molar-refractivity contribution < 1.29 is 9.32 Å². The lowest BCUT2D eigenvalue weighted by Crippen LogP contribution is -2.44. The van der Waals surface area contributed by atoms with E-state index in [0.29, 0.717) is 24.8 Å². The van der Waals surface area contributed by atoms with Crippen LogP contribution in [0, 0.1) is 6.92 Å². The molecule has 1 aromatic heterocycles. The fourth-order valence-corrected chi connectivity index (χ4v) is 3.42. The number of hydrogen-bond acceptors (Lipinski definition) is 6.